The first kappa shape index (κ1) is 17.5. The van der Waals surface area contributed by atoms with E-state index in [1.807, 2.05) is 37.3 Å². The number of furan rings is 1. The van der Waals surface area contributed by atoms with Crippen molar-refractivity contribution in [1.29, 1.82) is 0 Å². The molecule has 0 radical (unpaired) electrons. The molecule has 27 heavy (non-hydrogen) atoms. The van der Waals surface area contributed by atoms with Gasteiger partial charge in [-0.3, -0.25) is 9.89 Å². The van der Waals surface area contributed by atoms with Crippen molar-refractivity contribution in [2.45, 2.75) is 25.8 Å². The quantitative estimate of drug-likeness (QED) is 0.701. The van der Waals surface area contributed by atoms with Crippen molar-refractivity contribution in [1.82, 2.24) is 20.4 Å². The number of hydrogen-bond donors (Lipinski definition) is 2. The summed E-state index contributed by atoms with van der Waals surface area (Å²) in [4.78, 5) is 15.2. The van der Waals surface area contributed by atoms with E-state index in [4.69, 9.17) is 4.42 Å². The van der Waals surface area contributed by atoms with Crippen LogP contribution in [0.15, 0.2) is 52.9 Å². The Morgan fingerprint density at radius 3 is 2.70 bits per heavy atom. The largest absolute Gasteiger partial charge is 0.460 e. The van der Waals surface area contributed by atoms with Crippen LogP contribution in [0.1, 0.15) is 40.7 Å². The van der Waals surface area contributed by atoms with Crippen molar-refractivity contribution in [3.05, 3.63) is 65.5 Å². The van der Waals surface area contributed by atoms with Crippen molar-refractivity contribution in [3.63, 3.8) is 0 Å². The lowest BCUT2D eigenvalue weighted by Gasteiger charge is -2.24. The molecule has 1 fully saturated rings. The fourth-order valence-electron chi connectivity index (χ4n) is 3.52. The highest BCUT2D eigenvalue weighted by Gasteiger charge is 2.22. The zero-order valence-corrected chi connectivity index (χ0v) is 15.4. The van der Waals surface area contributed by atoms with E-state index in [0.29, 0.717) is 17.1 Å². The number of rotatable bonds is 6. The maximum absolute atomic E-state index is 12.8. The first-order chi connectivity index (χ1) is 13.2. The molecule has 0 spiro atoms. The highest BCUT2D eigenvalue weighted by atomic mass is 16.3. The Bertz CT molecular complexity index is 894. The van der Waals surface area contributed by atoms with Crippen LogP contribution in [0.5, 0.6) is 0 Å². The summed E-state index contributed by atoms with van der Waals surface area (Å²) >= 11 is 0. The average Bonchev–Trinajstić information content (AvgIpc) is 3.43. The summed E-state index contributed by atoms with van der Waals surface area (Å²) in [5.41, 5.74) is 2.17. The van der Waals surface area contributed by atoms with Gasteiger partial charge in [0.05, 0.1) is 6.04 Å². The lowest BCUT2D eigenvalue weighted by atomic mass is 10.1. The molecule has 0 aliphatic carbocycles. The van der Waals surface area contributed by atoms with Gasteiger partial charge in [0, 0.05) is 12.6 Å². The normalized spacial score (nSPS) is 15.7. The van der Waals surface area contributed by atoms with E-state index in [0.717, 1.165) is 31.0 Å². The SMILES string of the molecule is Cc1ccc(-c2cc(C(=O)N[C@@H](CN3CCCC3)c3ccccc3)n[nH]2)o1. The minimum Gasteiger partial charge on any atom is -0.460 e. The molecule has 1 atom stereocenters. The highest BCUT2D eigenvalue weighted by molar-refractivity contribution is 5.93. The summed E-state index contributed by atoms with van der Waals surface area (Å²) in [6.07, 6.45) is 2.45. The number of aryl methyl sites for hydroxylation is 1. The summed E-state index contributed by atoms with van der Waals surface area (Å²) in [6, 6.07) is 15.5. The van der Waals surface area contributed by atoms with E-state index >= 15 is 0 Å². The molecule has 4 rings (SSSR count). The number of aromatic amines is 1. The summed E-state index contributed by atoms with van der Waals surface area (Å²) in [5.74, 6) is 1.31. The fraction of sp³-hybridized carbons (Fsp3) is 0.333. The molecule has 2 N–H and O–H groups in total. The maximum atomic E-state index is 12.8. The van der Waals surface area contributed by atoms with Crippen LogP contribution >= 0.6 is 0 Å². The molecular weight excluding hydrogens is 340 g/mol. The van der Waals surface area contributed by atoms with Crippen LogP contribution in [0.4, 0.5) is 0 Å². The van der Waals surface area contributed by atoms with Crippen LogP contribution in [0.25, 0.3) is 11.5 Å². The van der Waals surface area contributed by atoms with Gasteiger partial charge in [0.1, 0.15) is 11.5 Å². The second-order valence-corrected chi connectivity index (χ2v) is 7.02. The van der Waals surface area contributed by atoms with Gasteiger partial charge in [0.2, 0.25) is 0 Å². The van der Waals surface area contributed by atoms with E-state index in [1.54, 1.807) is 6.07 Å². The van der Waals surface area contributed by atoms with Crippen LogP contribution in [0, 0.1) is 6.92 Å². The Hall–Kier alpha value is -2.86. The number of benzene rings is 1. The van der Waals surface area contributed by atoms with Gasteiger partial charge in [-0.25, -0.2) is 0 Å². The molecule has 1 saturated heterocycles. The van der Waals surface area contributed by atoms with E-state index in [2.05, 4.69) is 32.5 Å². The number of carbonyl (C=O) groups excluding carboxylic acids is 1. The number of nitrogens with one attached hydrogen (secondary N) is 2. The van der Waals surface area contributed by atoms with Gasteiger partial charge in [-0.05, 0) is 50.6 Å². The van der Waals surface area contributed by atoms with Gasteiger partial charge in [-0.15, -0.1) is 0 Å². The first-order valence-corrected chi connectivity index (χ1v) is 9.39. The molecule has 1 aliphatic rings. The number of aromatic nitrogens is 2. The molecule has 0 unspecified atom stereocenters. The Balaban J connectivity index is 1.50. The third-order valence-electron chi connectivity index (χ3n) is 4.96. The molecule has 0 bridgehead atoms. The van der Waals surface area contributed by atoms with E-state index in [-0.39, 0.29) is 11.9 Å². The minimum absolute atomic E-state index is 0.0668. The Morgan fingerprint density at radius 2 is 2.00 bits per heavy atom. The lowest BCUT2D eigenvalue weighted by Crippen LogP contribution is -2.37. The smallest absolute Gasteiger partial charge is 0.272 e. The average molecular weight is 364 g/mol. The highest BCUT2D eigenvalue weighted by Crippen LogP contribution is 2.22. The Kier molecular flexibility index (Phi) is 5.07. The van der Waals surface area contributed by atoms with Gasteiger partial charge in [0.25, 0.3) is 5.91 Å². The lowest BCUT2D eigenvalue weighted by molar-refractivity contribution is 0.0922. The van der Waals surface area contributed by atoms with Gasteiger partial charge in [-0.1, -0.05) is 30.3 Å². The molecule has 6 heteroatoms. The third-order valence-corrected chi connectivity index (χ3v) is 4.96. The molecule has 1 amide bonds. The molecule has 1 aromatic carbocycles. The molecule has 1 aliphatic heterocycles. The maximum Gasteiger partial charge on any atom is 0.272 e. The van der Waals surface area contributed by atoms with Crippen molar-refractivity contribution in [3.8, 4) is 11.5 Å². The van der Waals surface area contributed by atoms with E-state index in [1.165, 1.54) is 12.8 Å². The minimum atomic E-state index is -0.186. The second-order valence-electron chi connectivity index (χ2n) is 7.02. The topological polar surface area (TPSA) is 74.2 Å². The molecule has 2 aromatic heterocycles. The number of likely N-dealkylation sites (tertiary alicyclic amines) is 1. The number of nitrogens with zero attached hydrogens (tertiary/aromatic N) is 2. The Labute approximate surface area is 158 Å². The zero-order valence-electron chi connectivity index (χ0n) is 15.4. The van der Waals surface area contributed by atoms with Crippen molar-refractivity contribution in [2.24, 2.45) is 0 Å². The number of amides is 1. The molecule has 3 heterocycles. The predicted molar refractivity (Wildman–Crippen MR) is 103 cm³/mol. The molecule has 3 aromatic rings. The fourth-order valence-corrected chi connectivity index (χ4v) is 3.52. The predicted octanol–water partition coefficient (Wildman–Crippen LogP) is 3.55. The van der Waals surface area contributed by atoms with Crippen LogP contribution in [-0.4, -0.2) is 40.6 Å². The van der Waals surface area contributed by atoms with Crippen molar-refractivity contribution < 1.29 is 9.21 Å². The van der Waals surface area contributed by atoms with Gasteiger partial charge < -0.3 is 14.6 Å². The van der Waals surface area contributed by atoms with Gasteiger partial charge in [0.15, 0.2) is 11.5 Å². The monoisotopic (exact) mass is 364 g/mol. The van der Waals surface area contributed by atoms with Crippen LogP contribution < -0.4 is 5.32 Å². The molecule has 140 valence electrons. The summed E-state index contributed by atoms with van der Waals surface area (Å²) in [6.45, 7) is 4.87. The zero-order chi connectivity index (χ0) is 18.6. The molecule has 0 saturated carbocycles. The standard InChI is InChI=1S/C21H24N4O2/c1-15-9-10-20(27-15)17-13-18(24-23-17)21(26)22-19(14-25-11-5-6-12-25)16-7-3-2-4-8-16/h2-4,7-10,13,19H,5-6,11-12,14H2,1H3,(H,22,26)(H,23,24)/t19-/m0/s1. The number of hydrogen-bond acceptors (Lipinski definition) is 4. The second kappa shape index (κ2) is 7.80. The summed E-state index contributed by atoms with van der Waals surface area (Å²) in [5, 5.41) is 10.2. The Morgan fingerprint density at radius 1 is 1.22 bits per heavy atom. The summed E-state index contributed by atoms with van der Waals surface area (Å²) < 4.78 is 5.59. The number of carbonyl (C=O) groups is 1. The van der Waals surface area contributed by atoms with Gasteiger partial charge in [-0.2, -0.15) is 5.10 Å². The first-order valence-electron chi connectivity index (χ1n) is 9.39. The van der Waals surface area contributed by atoms with Gasteiger partial charge >= 0.3 is 0 Å². The van der Waals surface area contributed by atoms with Crippen LogP contribution in [0.2, 0.25) is 0 Å². The van der Waals surface area contributed by atoms with Crippen molar-refractivity contribution >= 4 is 5.91 Å². The van der Waals surface area contributed by atoms with Crippen molar-refractivity contribution in [2.75, 3.05) is 19.6 Å². The van der Waals surface area contributed by atoms with Crippen LogP contribution in [-0.2, 0) is 0 Å². The third kappa shape index (κ3) is 4.11. The van der Waals surface area contributed by atoms with E-state index < -0.39 is 0 Å². The van der Waals surface area contributed by atoms with E-state index in [9.17, 15) is 4.79 Å². The molecular formula is C21H24N4O2. The van der Waals surface area contributed by atoms with Crippen LogP contribution in [0.3, 0.4) is 0 Å². The summed E-state index contributed by atoms with van der Waals surface area (Å²) in [7, 11) is 0. The molecule has 6 nitrogen and oxygen atoms in total. The number of H-pyrrole nitrogens is 1.